The molecular formula is C18H28BNO4. The average molecular weight is 333 g/mol. The van der Waals surface area contributed by atoms with Crippen LogP contribution in [0.1, 0.15) is 64.4 Å². The quantitative estimate of drug-likeness (QED) is 0.512. The van der Waals surface area contributed by atoms with Crippen molar-refractivity contribution in [2.45, 2.75) is 72.2 Å². The van der Waals surface area contributed by atoms with Crippen molar-refractivity contribution < 1.29 is 18.8 Å². The molecular weight excluding hydrogens is 305 g/mol. The number of esters is 1. The predicted octanol–water partition coefficient (Wildman–Crippen LogP) is 2.83. The summed E-state index contributed by atoms with van der Waals surface area (Å²) in [4.78, 5) is 12.5. The van der Waals surface area contributed by atoms with Crippen LogP contribution in [0.25, 0.3) is 0 Å². The second-order valence-electron chi connectivity index (χ2n) is 8.37. The van der Waals surface area contributed by atoms with Gasteiger partial charge in [0, 0.05) is 5.69 Å². The van der Waals surface area contributed by atoms with E-state index in [4.69, 9.17) is 19.8 Å². The number of nitrogens with two attached hydrogens (primary N) is 1. The van der Waals surface area contributed by atoms with E-state index in [1.54, 1.807) is 12.1 Å². The van der Waals surface area contributed by atoms with Crippen LogP contribution in [0.15, 0.2) is 12.1 Å². The highest BCUT2D eigenvalue weighted by Gasteiger charge is 2.51. The Morgan fingerprint density at radius 3 is 2.08 bits per heavy atom. The second kappa shape index (κ2) is 5.78. The Balaban J connectivity index is 2.39. The van der Waals surface area contributed by atoms with Crippen LogP contribution in [0.5, 0.6) is 0 Å². The minimum Gasteiger partial charge on any atom is -0.456 e. The number of nitrogen functional groups attached to an aromatic ring is 1. The molecule has 2 rings (SSSR count). The summed E-state index contributed by atoms with van der Waals surface area (Å²) in [7, 11) is -0.570. The Kier molecular flexibility index (Phi) is 4.53. The van der Waals surface area contributed by atoms with Crippen molar-refractivity contribution in [1.82, 2.24) is 0 Å². The summed E-state index contributed by atoms with van der Waals surface area (Å²) in [6.07, 6.45) is 0. The zero-order chi connectivity index (χ0) is 18.5. The first kappa shape index (κ1) is 18.8. The van der Waals surface area contributed by atoms with Crippen LogP contribution in [0.2, 0.25) is 0 Å². The third kappa shape index (κ3) is 3.60. The van der Waals surface area contributed by atoms with Gasteiger partial charge in [-0.25, -0.2) is 4.79 Å². The van der Waals surface area contributed by atoms with Crippen molar-refractivity contribution >= 4 is 24.2 Å². The lowest BCUT2D eigenvalue weighted by atomic mass is 9.77. The van der Waals surface area contributed by atoms with Crippen molar-refractivity contribution in [2.75, 3.05) is 5.73 Å². The average Bonchev–Trinajstić information content (AvgIpc) is 2.59. The number of carbonyl (C=O) groups excluding carboxylic acids is 1. The number of hydrogen-bond acceptors (Lipinski definition) is 5. The topological polar surface area (TPSA) is 70.8 Å². The van der Waals surface area contributed by atoms with Crippen LogP contribution in [0, 0.1) is 6.92 Å². The van der Waals surface area contributed by atoms with Gasteiger partial charge in [0.2, 0.25) is 0 Å². The first-order valence-corrected chi connectivity index (χ1v) is 8.22. The number of benzene rings is 1. The van der Waals surface area contributed by atoms with E-state index < -0.39 is 29.9 Å². The van der Waals surface area contributed by atoms with Crippen LogP contribution in [0.4, 0.5) is 5.69 Å². The maximum atomic E-state index is 12.5. The zero-order valence-electron chi connectivity index (χ0n) is 15.9. The maximum Gasteiger partial charge on any atom is 0.494 e. The van der Waals surface area contributed by atoms with Gasteiger partial charge in [-0.2, -0.15) is 0 Å². The lowest BCUT2D eigenvalue weighted by Crippen LogP contribution is -2.41. The molecule has 24 heavy (non-hydrogen) atoms. The van der Waals surface area contributed by atoms with Gasteiger partial charge in [-0.15, -0.1) is 0 Å². The Labute approximate surface area is 145 Å². The highest BCUT2D eigenvalue weighted by Crippen LogP contribution is 2.36. The summed E-state index contributed by atoms with van der Waals surface area (Å²) < 4.78 is 17.6. The minimum atomic E-state index is -0.571. The van der Waals surface area contributed by atoms with E-state index in [1.165, 1.54) is 0 Å². The Morgan fingerprint density at radius 1 is 1.12 bits per heavy atom. The van der Waals surface area contributed by atoms with Crippen LogP contribution in [-0.4, -0.2) is 29.9 Å². The molecule has 0 saturated carbocycles. The summed E-state index contributed by atoms with van der Waals surface area (Å²) in [6.45, 7) is 15.3. The lowest BCUT2D eigenvalue weighted by Gasteiger charge is -2.32. The summed E-state index contributed by atoms with van der Waals surface area (Å²) >= 11 is 0. The van der Waals surface area contributed by atoms with Gasteiger partial charge in [0.25, 0.3) is 0 Å². The molecule has 5 nitrogen and oxygen atoms in total. The van der Waals surface area contributed by atoms with Gasteiger partial charge < -0.3 is 19.8 Å². The van der Waals surface area contributed by atoms with Gasteiger partial charge >= 0.3 is 13.1 Å². The van der Waals surface area contributed by atoms with Crippen molar-refractivity contribution in [2.24, 2.45) is 0 Å². The maximum absolute atomic E-state index is 12.5. The fraction of sp³-hybridized carbons (Fsp3) is 0.611. The highest BCUT2D eigenvalue weighted by atomic mass is 16.7. The van der Waals surface area contributed by atoms with E-state index in [0.717, 1.165) is 5.46 Å². The molecule has 0 radical (unpaired) electrons. The molecule has 0 aromatic heterocycles. The standard InChI is InChI=1S/C18H28BNO4/c1-11-13(15(21)22-16(2,3)4)9-12(10-14(11)20)19-23-17(5,6)18(7,8)24-19/h9-10H,20H2,1-8H3. The molecule has 132 valence electrons. The van der Waals surface area contributed by atoms with E-state index in [1.807, 2.05) is 55.4 Å². The molecule has 1 saturated heterocycles. The molecule has 1 aliphatic rings. The smallest absolute Gasteiger partial charge is 0.456 e. The molecule has 0 aliphatic carbocycles. The third-order valence-corrected chi connectivity index (χ3v) is 4.61. The van der Waals surface area contributed by atoms with E-state index in [-0.39, 0.29) is 0 Å². The van der Waals surface area contributed by atoms with Crippen molar-refractivity contribution in [3.05, 3.63) is 23.3 Å². The van der Waals surface area contributed by atoms with Crippen LogP contribution in [-0.2, 0) is 14.0 Å². The fourth-order valence-electron chi connectivity index (χ4n) is 2.42. The van der Waals surface area contributed by atoms with Crippen molar-refractivity contribution in [1.29, 1.82) is 0 Å². The van der Waals surface area contributed by atoms with Crippen molar-refractivity contribution in [3.8, 4) is 0 Å². The number of ether oxygens (including phenoxy) is 1. The SMILES string of the molecule is Cc1c(N)cc(B2OC(C)(C)C(C)(C)O2)cc1C(=O)OC(C)(C)C. The monoisotopic (exact) mass is 333 g/mol. The van der Waals surface area contributed by atoms with E-state index in [2.05, 4.69) is 0 Å². The van der Waals surface area contributed by atoms with Gasteiger partial charge in [-0.1, -0.05) is 0 Å². The first-order chi connectivity index (χ1) is 10.7. The first-order valence-electron chi connectivity index (χ1n) is 8.22. The van der Waals surface area contributed by atoms with Crippen molar-refractivity contribution in [3.63, 3.8) is 0 Å². The minimum absolute atomic E-state index is 0.398. The molecule has 0 atom stereocenters. The molecule has 0 amide bonds. The summed E-state index contributed by atoms with van der Waals surface area (Å²) in [5.41, 5.74) is 7.00. The number of hydrogen-bond donors (Lipinski definition) is 1. The van der Waals surface area contributed by atoms with E-state index in [0.29, 0.717) is 16.8 Å². The molecule has 1 heterocycles. The number of rotatable bonds is 2. The molecule has 1 fully saturated rings. The lowest BCUT2D eigenvalue weighted by molar-refractivity contribution is 0.00578. The van der Waals surface area contributed by atoms with Crippen LogP contribution < -0.4 is 11.2 Å². The molecule has 0 unspecified atom stereocenters. The highest BCUT2D eigenvalue weighted by molar-refractivity contribution is 6.62. The van der Waals surface area contributed by atoms with Crippen LogP contribution >= 0.6 is 0 Å². The molecule has 1 aromatic rings. The fourth-order valence-corrected chi connectivity index (χ4v) is 2.42. The molecule has 2 N–H and O–H groups in total. The van der Waals surface area contributed by atoms with E-state index in [9.17, 15) is 4.79 Å². The third-order valence-electron chi connectivity index (χ3n) is 4.61. The zero-order valence-corrected chi connectivity index (χ0v) is 15.9. The molecule has 1 aliphatic heterocycles. The Hall–Kier alpha value is -1.53. The molecule has 6 heteroatoms. The van der Waals surface area contributed by atoms with Gasteiger partial charge in [-0.3, -0.25) is 0 Å². The predicted molar refractivity (Wildman–Crippen MR) is 96.5 cm³/mol. The van der Waals surface area contributed by atoms with Gasteiger partial charge in [-0.05, 0) is 78.5 Å². The normalized spacial score (nSPS) is 19.4. The second-order valence-corrected chi connectivity index (χ2v) is 8.37. The van der Waals surface area contributed by atoms with Gasteiger partial charge in [0.15, 0.2) is 0 Å². The number of carbonyl (C=O) groups is 1. The molecule has 0 bridgehead atoms. The largest absolute Gasteiger partial charge is 0.494 e. The Morgan fingerprint density at radius 2 is 1.62 bits per heavy atom. The summed E-state index contributed by atoms with van der Waals surface area (Å²) in [5, 5.41) is 0. The van der Waals surface area contributed by atoms with Crippen LogP contribution in [0.3, 0.4) is 0 Å². The van der Waals surface area contributed by atoms with Gasteiger partial charge in [0.1, 0.15) is 5.60 Å². The molecule has 0 spiro atoms. The molecule has 1 aromatic carbocycles. The summed E-state index contributed by atoms with van der Waals surface area (Å²) in [6, 6.07) is 3.55. The number of anilines is 1. The summed E-state index contributed by atoms with van der Waals surface area (Å²) in [5.74, 6) is -0.398. The van der Waals surface area contributed by atoms with E-state index >= 15 is 0 Å². The van der Waals surface area contributed by atoms with Gasteiger partial charge in [0.05, 0.1) is 16.8 Å². The Bertz CT molecular complexity index is 646.